The van der Waals surface area contributed by atoms with Crippen LogP contribution in [0.4, 0.5) is 51.2 Å². The normalized spacial score (nSPS) is 15.1. The van der Waals surface area contributed by atoms with Gasteiger partial charge in [-0.1, -0.05) is 245 Å². The second-order valence-corrected chi connectivity index (χ2v) is 24.8. The van der Waals surface area contributed by atoms with Gasteiger partial charge >= 0.3 is 0 Å². The third kappa shape index (κ3) is 8.85. The van der Waals surface area contributed by atoms with Gasteiger partial charge in [0.2, 0.25) is 0 Å². The van der Waals surface area contributed by atoms with Crippen LogP contribution >= 0.6 is 0 Å². The first-order valence-corrected chi connectivity index (χ1v) is 31.3. The number of benzene rings is 14. The van der Waals surface area contributed by atoms with Crippen molar-refractivity contribution < 1.29 is 23.3 Å². The fourth-order valence-corrected chi connectivity index (χ4v) is 14.3. The van der Waals surface area contributed by atoms with Crippen LogP contribution in [0, 0.1) is 0 Å². The van der Waals surface area contributed by atoms with E-state index in [1.807, 2.05) is 95.6 Å². The van der Waals surface area contributed by atoms with Crippen LogP contribution in [-0.2, 0) is 5.41 Å². The van der Waals surface area contributed by atoms with E-state index in [9.17, 15) is 13.7 Å². The summed E-state index contributed by atoms with van der Waals surface area (Å²) >= 11 is 0. The van der Waals surface area contributed by atoms with Crippen LogP contribution in [0.1, 0.15) is 49.6 Å². The molecule has 2 aromatic heterocycles. The minimum atomic E-state index is -0.651. The Labute approximate surface area is 572 Å². The maximum Gasteiger partial charge on any atom is 0.252 e. The molecule has 0 saturated heterocycles. The first-order chi connectivity index (χ1) is 53.4. The summed E-state index contributed by atoms with van der Waals surface area (Å²) in [6.45, 7) is 5.87. The smallest absolute Gasteiger partial charge is 0.252 e. The summed E-state index contributed by atoms with van der Waals surface area (Å²) in [5.41, 5.74) is 15.0. The summed E-state index contributed by atoms with van der Waals surface area (Å²) in [4.78, 5) is 6.17. The predicted octanol–water partition coefficient (Wildman–Crippen LogP) is 21.7. The van der Waals surface area contributed by atoms with Crippen molar-refractivity contribution in [3.8, 4) is 44.8 Å². The number of fused-ring (bicyclic) bond motifs is 10. The Bertz CT molecular complexity index is 6520. The Kier molecular flexibility index (Phi) is 9.36. The molecular weight excluding hydrogens is 1140 g/mol. The average molecular weight is 1220 g/mol. The fourth-order valence-electron chi connectivity index (χ4n) is 14.3. The highest BCUT2D eigenvalue weighted by Gasteiger charge is 2.45. The molecule has 6 heteroatoms. The number of aromatic nitrogens is 2. The molecule has 2 aliphatic heterocycles. The van der Waals surface area contributed by atoms with E-state index in [-0.39, 0.29) is 50.5 Å². The molecule has 0 spiro atoms. The lowest BCUT2D eigenvalue weighted by Gasteiger charge is -2.46. The summed E-state index contributed by atoms with van der Waals surface area (Å²) < 4.78 is 161. The van der Waals surface area contributed by atoms with E-state index >= 15 is 0 Å². The van der Waals surface area contributed by atoms with Crippen LogP contribution < -0.4 is 31.1 Å². The lowest BCUT2D eigenvalue weighted by atomic mass is 9.33. The van der Waals surface area contributed by atoms with Crippen LogP contribution in [0.5, 0.6) is 0 Å². The molecule has 5 nitrogen and oxygen atoms in total. The van der Waals surface area contributed by atoms with Crippen molar-refractivity contribution in [3.05, 3.63) is 339 Å². The van der Waals surface area contributed by atoms with Gasteiger partial charge in [-0.3, -0.25) is 0 Å². The van der Waals surface area contributed by atoms with E-state index in [2.05, 4.69) is 128 Å². The molecule has 18 rings (SSSR count). The molecule has 0 unspecified atom stereocenters. The van der Waals surface area contributed by atoms with E-state index in [4.69, 9.17) is 9.60 Å². The van der Waals surface area contributed by atoms with Crippen molar-refractivity contribution in [3.63, 3.8) is 0 Å². The Morgan fingerprint density at radius 1 is 0.330 bits per heavy atom. The highest BCUT2D eigenvalue weighted by Crippen LogP contribution is 2.52. The summed E-state index contributed by atoms with van der Waals surface area (Å²) in [5.74, 6) is 0. The zero-order valence-corrected chi connectivity index (χ0v) is 51.3. The van der Waals surface area contributed by atoms with Crippen molar-refractivity contribution in [2.45, 2.75) is 26.2 Å². The van der Waals surface area contributed by atoms with Crippen molar-refractivity contribution in [2.75, 3.05) is 14.7 Å². The van der Waals surface area contributed by atoms with Gasteiger partial charge in [0, 0.05) is 89.5 Å². The molecular formula is C88H64BN5. The van der Waals surface area contributed by atoms with Gasteiger partial charge < -0.3 is 23.8 Å². The van der Waals surface area contributed by atoms with Crippen molar-refractivity contribution in [1.29, 1.82) is 0 Å². The molecule has 14 aromatic carbocycles. The van der Waals surface area contributed by atoms with E-state index in [1.54, 1.807) is 51.9 Å². The molecule has 4 heterocycles. The second kappa shape index (κ2) is 21.9. The maximum atomic E-state index is 9.95. The first kappa shape index (κ1) is 40.1. The molecule has 0 bridgehead atoms. The van der Waals surface area contributed by atoms with Gasteiger partial charge in [-0.25, -0.2) is 0 Å². The van der Waals surface area contributed by atoms with E-state index in [1.165, 1.54) is 0 Å². The Hall–Kier alpha value is -11.9. The molecule has 0 fully saturated rings. The zero-order valence-electron chi connectivity index (χ0n) is 68.3. The number of hydrogen-bond acceptors (Lipinski definition) is 3. The standard InChI is InChI=1S/C88H64BN5/c1-88(2,3)63-54-84-86-85(55-63)94(87-70(60-29-11-5-12-30-60)42-26-43-71(87)61-31-13-6-14-32-61)83-58-69(91-78-44-22-19-39-72(78)73-40-20-23-45-79(73)91)48-51-77(83)89(86)76-50-47-68(57-82(76)93(84)66-38-25-33-62(53-66)59-27-9-4-10-28-59)92-80-46-24-21-41-74(80)75-56-67(49-52-81(75)92)90(64-34-15-7-16-35-64)65-36-17-8-18-37-65/h4-58H,1-3H3/i7D,15D,16D,19D,20D,21D,22D,23D,24D,34D,35D,39D,40D,41D,44D,45D,46D. The molecule has 2 aliphatic rings. The van der Waals surface area contributed by atoms with Gasteiger partial charge in [-0.05, 0) is 159 Å². The van der Waals surface area contributed by atoms with Gasteiger partial charge in [0.25, 0.3) is 6.71 Å². The second-order valence-electron chi connectivity index (χ2n) is 24.8. The number of nitrogens with zero attached hydrogens (tertiary/aromatic N) is 5. The number of para-hydroxylation sites is 6. The molecule has 444 valence electrons. The topological polar surface area (TPSA) is 19.6 Å². The minimum absolute atomic E-state index is 0.0321. The summed E-state index contributed by atoms with van der Waals surface area (Å²) in [6.07, 6.45) is 0. The average Bonchev–Trinajstić information content (AvgIpc) is 1.59. The van der Waals surface area contributed by atoms with Crippen molar-refractivity contribution >= 4 is 118 Å². The predicted molar refractivity (Wildman–Crippen MR) is 399 cm³/mol. The summed E-state index contributed by atoms with van der Waals surface area (Å²) in [5, 5.41) is 0.450. The lowest BCUT2D eigenvalue weighted by Crippen LogP contribution is -2.61. The molecule has 0 saturated carbocycles. The Balaban J connectivity index is 0.975. The van der Waals surface area contributed by atoms with E-state index in [0.29, 0.717) is 45.0 Å². The number of anilines is 9. The van der Waals surface area contributed by atoms with Gasteiger partial charge in [0.15, 0.2) is 0 Å². The molecule has 0 aliphatic carbocycles. The zero-order chi connectivity index (χ0) is 77.4. The van der Waals surface area contributed by atoms with E-state index < -0.39 is 103 Å². The van der Waals surface area contributed by atoms with Crippen molar-refractivity contribution in [2.24, 2.45) is 0 Å². The third-order valence-corrected chi connectivity index (χ3v) is 18.5. The van der Waals surface area contributed by atoms with Crippen LogP contribution in [0.3, 0.4) is 0 Å². The Morgan fingerprint density at radius 2 is 0.809 bits per heavy atom. The molecule has 0 N–H and O–H groups in total. The largest absolute Gasteiger partial charge is 0.311 e. The molecule has 16 aromatic rings. The quantitative estimate of drug-likeness (QED) is 0.127. The van der Waals surface area contributed by atoms with Gasteiger partial charge in [0.05, 0.1) is 51.1 Å². The molecule has 0 atom stereocenters. The number of hydrogen-bond donors (Lipinski definition) is 0. The van der Waals surface area contributed by atoms with Crippen LogP contribution in [0.2, 0.25) is 0 Å². The maximum absolute atomic E-state index is 9.95. The highest BCUT2D eigenvalue weighted by atomic mass is 15.2. The van der Waals surface area contributed by atoms with Gasteiger partial charge in [0.1, 0.15) is 0 Å². The van der Waals surface area contributed by atoms with Crippen LogP contribution in [0.25, 0.3) is 88.4 Å². The summed E-state index contributed by atoms with van der Waals surface area (Å²) in [7, 11) is 0. The lowest BCUT2D eigenvalue weighted by molar-refractivity contribution is 0.590. The van der Waals surface area contributed by atoms with Crippen LogP contribution in [-0.4, -0.2) is 15.8 Å². The fraction of sp³-hybridized carbons (Fsp3) is 0.0455. The SMILES string of the molecule is [2H]c1c([2H])c([2H])c(N(c2ccccc2)c2ccc3c(c2)c2c([2H])c([2H])c([2H])c([2H])c2n3-c2ccc3c(c2)N(c2cccc(-c4ccccc4)c2)c2cc(C(C)(C)C)cc4c2B3c2ccc(-n3c5c([2H])c([2H])c([2H])c([2H])c5c5c([2H])c([2H])c([2H])c([2H])c53)cc2N4c2c(-c3ccccc3)cccc2-c2ccccc2)c([2H])c1[2H]. The van der Waals surface area contributed by atoms with Gasteiger partial charge in [-0.2, -0.15) is 0 Å². The molecule has 94 heavy (non-hydrogen) atoms. The monoisotopic (exact) mass is 1220 g/mol. The van der Waals surface area contributed by atoms with Crippen LogP contribution in [0.15, 0.2) is 333 Å². The summed E-state index contributed by atoms with van der Waals surface area (Å²) in [6, 6.07) is 67.6. The third-order valence-electron chi connectivity index (χ3n) is 18.5. The first-order valence-electron chi connectivity index (χ1n) is 39.8. The Morgan fingerprint density at radius 3 is 1.38 bits per heavy atom. The van der Waals surface area contributed by atoms with Gasteiger partial charge in [-0.15, -0.1) is 0 Å². The molecule has 0 radical (unpaired) electrons. The highest BCUT2D eigenvalue weighted by molar-refractivity contribution is 7.00. The van der Waals surface area contributed by atoms with Crippen molar-refractivity contribution in [1.82, 2.24) is 9.13 Å². The van der Waals surface area contributed by atoms with E-state index in [0.717, 1.165) is 78.1 Å². The molecule has 0 amide bonds. The number of rotatable bonds is 10. The minimum Gasteiger partial charge on any atom is -0.311 e.